The standard InChI is InChI=1S/C14H16BrN3S/c1-9-6-10(2)18-14(17-9)19-13-5-4-12(15)7-11(13)8-16-3/h4-7,16H,8H2,1-3H3. The Labute approximate surface area is 126 Å². The summed E-state index contributed by atoms with van der Waals surface area (Å²) in [6.45, 7) is 4.82. The lowest BCUT2D eigenvalue weighted by atomic mass is 10.2. The zero-order chi connectivity index (χ0) is 13.8. The predicted molar refractivity (Wildman–Crippen MR) is 82.5 cm³/mol. The molecule has 0 aliphatic carbocycles. The third-order valence-electron chi connectivity index (χ3n) is 2.55. The topological polar surface area (TPSA) is 37.8 Å². The van der Waals surface area contributed by atoms with Gasteiger partial charge in [-0.3, -0.25) is 0 Å². The van der Waals surface area contributed by atoms with Gasteiger partial charge in [0, 0.05) is 27.3 Å². The van der Waals surface area contributed by atoms with Gasteiger partial charge in [0.1, 0.15) is 0 Å². The van der Waals surface area contributed by atoms with Gasteiger partial charge in [0.05, 0.1) is 0 Å². The molecule has 5 heteroatoms. The summed E-state index contributed by atoms with van der Waals surface area (Å²) in [5.74, 6) is 0. The zero-order valence-corrected chi connectivity index (χ0v) is 13.6. The third kappa shape index (κ3) is 4.03. The van der Waals surface area contributed by atoms with Gasteiger partial charge in [0.2, 0.25) is 0 Å². The molecule has 2 aromatic rings. The second kappa shape index (κ2) is 6.50. The lowest BCUT2D eigenvalue weighted by Gasteiger charge is -2.09. The van der Waals surface area contributed by atoms with Crippen molar-refractivity contribution in [2.75, 3.05) is 7.05 Å². The number of aromatic nitrogens is 2. The fourth-order valence-corrected chi connectivity index (χ4v) is 3.20. The van der Waals surface area contributed by atoms with E-state index in [1.165, 1.54) is 10.5 Å². The van der Waals surface area contributed by atoms with E-state index in [9.17, 15) is 0 Å². The highest BCUT2D eigenvalue weighted by atomic mass is 79.9. The number of aryl methyl sites for hydroxylation is 2. The summed E-state index contributed by atoms with van der Waals surface area (Å²) in [5, 5.41) is 3.99. The Morgan fingerprint density at radius 2 is 1.84 bits per heavy atom. The predicted octanol–water partition coefficient (Wildman–Crippen LogP) is 3.73. The molecule has 0 atom stereocenters. The number of hydrogen-bond donors (Lipinski definition) is 1. The summed E-state index contributed by atoms with van der Waals surface area (Å²) in [7, 11) is 1.95. The summed E-state index contributed by atoms with van der Waals surface area (Å²) < 4.78 is 1.09. The first-order chi connectivity index (χ1) is 9.08. The Bertz CT molecular complexity index is 567. The minimum absolute atomic E-state index is 0.803. The van der Waals surface area contributed by atoms with E-state index in [0.29, 0.717) is 0 Å². The fraction of sp³-hybridized carbons (Fsp3) is 0.286. The molecule has 0 saturated carbocycles. The Balaban J connectivity index is 2.31. The van der Waals surface area contributed by atoms with Crippen LogP contribution in [0.5, 0.6) is 0 Å². The number of halogens is 1. The molecular formula is C14H16BrN3S. The van der Waals surface area contributed by atoms with Crippen LogP contribution in [0.15, 0.2) is 38.8 Å². The number of hydrogen-bond acceptors (Lipinski definition) is 4. The van der Waals surface area contributed by atoms with Crippen LogP contribution >= 0.6 is 27.7 Å². The van der Waals surface area contributed by atoms with Gasteiger partial charge in [0.15, 0.2) is 5.16 Å². The summed E-state index contributed by atoms with van der Waals surface area (Å²) in [6, 6.07) is 8.26. The number of benzene rings is 1. The Morgan fingerprint density at radius 3 is 2.47 bits per heavy atom. The largest absolute Gasteiger partial charge is 0.316 e. The summed E-state index contributed by atoms with van der Waals surface area (Å²) >= 11 is 5.11. The normalized spacial score (nSPS) is 10.7. The molecule has 2 rings (SSSR count). The van der Waals surface area contributed by atoms with Crippen molar-refractivity contribution in [2.45, 2.75) is 30.4 Å². The Hall–Kier alpha value is -0.910. The van der Waals surface area contributed by atoms with E-state index >= 15 is 0 Å². The molecule has 0 spiro atoms. The van der Waals surface area contributed by atoms with Gasteiger partial charge in [0.25, 0.3) is 0 Å². The lowest BCUT2D eigenvalue weighted by molar-refractivity contribution is 0.801. The molecule has 0 bridgehead atoms. The number of nitrogens with zero attached hydrogens (tertiary/aromatic N) is 2. The first-order valence-electron chi connectivity index (χ1n) is 6.01. The molecule has 1 aromatic carbocycles. The third-order valence-corrected chi connectivity index (χ3v) is 4.03. The summed E-state index contributed by atoms with van der Waals surface area (Å²) in [5.41, 5.74) is 3.24. The zero-order valence-electron chi connectivity index (χ0n) is 11.2. The molecule has 19 heavy (non-hydrogen) atoms. The summed E-state index contributed by atoms with van der Waals surface area (Å²) in [4.78, 5) is 10.1. The van der Waals surface area contributed by atoms with Gasteiger partial charge in [-0.1, -0.05) is 15.9 Å². The second-order valence-corrected chi connectivity index (χ2v) is 6.24. The van der Waals surface area contributed by atoms with E-state index in [4.69, 9.17) is 0 Å². The molecule has 0 aliphatic heterocycles. The van der Waals surface area contributed by atoms with E-state index < -0.39 is 0 Å². The highest BCUT2D eigenvalue weighted by Gasteiger charge is 2.08. The number of nitrogens with one attached hydrogen (secondary N) is 1. The maximum atomic E-state index is 4.47. The molecule has 0 aliphatic rings. The van der Waals surface area contributed by atoms with Crippen LogP contribution in [-0.4, -0.2) is 17.0 Å². The molecule has 0 radical (unpaired) electrons. The van der Waals surface area contributed by atoms with Crippen molar-refractivity contribution in [3.63, 3.8) is 0 Å². The average Bonchev–Trinajstić information content (AvgIpc) is 2.32. The van der Waals surface area contributed by atoms with E-state index in [1.807, 2.05) is 33.0 Å². The molecule has 3 nitrogen and oxygen atoms in total. The second-order valence-electron chi connectivity index (χ2n) is 4.32. The molecule has 0 saturated heterocycles. The van der Waals surface area contributed by atoms with Crippen LogP contribution < -0.4 is 5.32 Å². The average molecular weight is 338 g/mol. The molecule has 1 N–H and O–H groups in total. The highest BCUT2D eigenvalue weighted by Crippen LogP contribution is 2.30. The maximum Gasteiger partial charge on any atom is 0.192 e. The van der Waals surface area contributed by atoms with Crippen LogP contribution in [0.2, 0.25) is 0 Å². The molecule has 100 valence electrons. The molecule has 0 unspecified atom stereocenters. The monoisotopic (exact) mass is 337 g/mol. The fourth-order valence-electron chi connectivity index (χ4n) is 1.81. The van der Waals surface area contributed by atoms with Gasteiger partial charge in [-0.05, 0) is 62.5 Å². The maximum absolute atomic E-state index is 4.47. The van der Waals surface area contributed by atoms with Crippen LogP contribution in [0.3, 0.4) is 0 Å². The van der Waals surface area contributed by atoms with Crippen LogP contribution in [0.25, 0.3) is 0 Å². The molecular weight excluding hydrogens is 322 g/mol. The van der Waals surface area contributed by atoms with Crippen molar-refractivity contribution in [1.29, 1.82) is 0 Å². The van der Waals surface area contributed by atoms with Crippen molar-refractivity contribution < 1.29 is 0 Å². The smallest absolute Gasteiger partial charge is 0.192 e. The SMILES string of the molecule is CNCc1cc(Br)ccc1Sc1nc(C)cc(C)n1. The van der Waals surface area contributed by atoms with Crippen molar-refractivity contribution in [3.05, 3.63) is 45.7 Å². The van der Waals surface area contributed by atoms with E-state index in [1.54, 1.807) is 11.8 Å². The van der Waals surface area contributed by atoms with E-state index in [-0.39, 0.29) is 0 Å². The van der Waals surface area contributed by atoms with Gasteiger partial charge < -0.3 is 5.32 Å². The van der Waals surface area contributed by atoms with Crippen molar-refractivity contribution in [1.82, 2.24) is 15.3 Å². The molecule has 1 aromatic heterocycles. The van der Waals surface area contributed by atoms with Crippen LogP contribution in [0, 0.1) is 13.8 Å². The van der Waals surface area contributed by atoms with E-state index in [0.717, 1.165) is 27.6 Å². The quantitative estimate of drug-likeness (QED) is 0.862. The van der Waals surface area contributed by atoms with Crippen LogP contribution in [0.4, 0.5) is 0 Å². The minimum atomic E-state index is 0.803. The highest BCUT2D eigenvalue weighted by molar-refractivity contribution is 9.10. The van der Waals surface area contributed by atoms with Crippen LogP contribution in [-0.2, 0) is 6.54 Å². The molecule has 0 fully saturated rings. The number of rotatable bonds is 4. The van der Waals surface area contributed by atoms with E-state index in [2.05, 4.69) is 43.3 Å². The Kier molecular flexibility index (Phi) is 4.96. The minimum Gasteiger partial charge on any atom is -0.316 e. The molecule has 0 amide bonds. The van der Waals surface area contributed by atoms with Gasteiger partial charge in [-0.2, -0.15) is 0 Å². The van der Waals surface area contributed by atoms with Crippen molar-refractivity contribution >= 4 is 27.7 Å². The Morgan fingerprint density at radius 1 is 1.16 bits per heavy atom. The van der Waals surface area contributed by atoms with Gasteiger partial charge in [-0.25, -0.2) is 9.97 Å². The lowest BCUT2D eigenvalue weighted by Crippen LogP contribution is -2.06. The first kappa shape index (κ1) is 14.5. The first-order valence-corrected chi connectivity index (χ1v) is 7.62. The summed E-state index contributed by atoms with van der Waals surface area (Å²) in [6.07, 6.45) is 0. The van der Waals surface area contributed by atoms with Crippen molar-refractivity contribution in [3.8, 4) is 0 Å². The van der Waals surface area contributed by atoms with Crippen molar-refractivity contribution in [2.24, 2.45) is 0 Å². The molecule has 1 heterocycles. The van der Waals surface area contributed by atoms with Crippen LogP contribution in [0.1, 0.15) is 17.0 Å². The van der Waals surface area contributed by atoms with Gasteiger partial charge >= 0.3 is 0 Å². The van der Waals surface area contributed by atoms with Gasteiger partial charge in [-0.15, -0.1) is 0 Å².